The fourth-order valence-electron chi connectivity index (χ4n) is 3.85. The van der Waals surface area contributed by atoms with Gasteiger partial charge in [0, 0.05) is 17.8 Å². The van der Waals surface area contributed by atoms with Crippen LogP contribution < -0.4 is 15.2 Å². The van der Waals surface area contributed by atoms with Crippen molar-refractivity contribution < 1.29 is 27.5 Å². The Bertz CT molecular complexity index is 1660. The maximum absolute atomic E-state index is 13.1. The number of benzene rings is 3. The molecule has 13 heteroatoms. The number of rotatable bonds is 9. The number of carbonyl (C=O) groups is 2. The lowest BCUT2D eigenvalue weighted by atomic mass is 10.1. The topological polar surface area (TPSA) is 152 Å². The number of aryl methyl sites for hydroxylation is 1. The molecule has 0 saturated carbocycles. The summed E-state index contributed by atoms with van der Waals surface area (Å²) in [5, 5.41) is 20.6. The Kier molecular flexibility index (Phi) is 7.48. The van der Waals surface area contributed by atoms with Crippen molar-refractivity contribution in [2.45, 2.75) is 19.0 Å². The molecule has 4 rings (SSSR count). The van der Waals surface area contributed by atoms with Crippen molar-refractivity contribution in [3.05, 3.63) is 94.5 Å². The Morgan fingerprint density at radius 1 is 1.05 bits per heavy atom. The molecular weight excluding hydrogens is 517 g/mol. The van der Waals surface area contributed by atoms with Crippen LogP contribution in [-0.4, -0.2) is 52.7 Å². The van der Waals surface area contributed by atoms with Crippen LogP contribution in [0.25, 0.3) is 10.9 Å². The second kappa shape index (κ2) is 10.8. The van der Waals surface area contributed by atoms with Gasteiger partial charge in [-0.3, -0.25) is 13.9 Å². The molecule has 0 spiro atoms. The Morgan fingerprint density at radius 3 is 2.34 bits per heavy atom. The van der Waals surface area contributed by atoms with Crippen molar-refractivity contribution in [2.24, 2.45) is 0 Å². The molecule has 11 nitrogen and oxygen atoms in total. The van der Waals surface area contributed by atoms with Crippen LogP contribution in [0.3, 0.4) is 0 Å². The number of carbonyl (C=O) groups excluding carboxylic acids is 1. The van der Waals surface area contributed by atoms with E-state index in [2.05, 4.69) is 15.6 Å². The molecule has 1 aromatic heterocycles. The molecule has 1 atom stereocenters. The molecule has 0 fully saturated rings. The van der Waals surface area contributed by atoms with E-state index < -0.39 is 39.3 Å². The highest BCUT2D eigenvalue weighted by atomic mass is 32.2. The minimum Gasteiger partial charge on any atom is -0.480 e. The van der Waals surface area contributed by atoms with Crippen LogP contribution in [-0.2, 0) is 21.4 Å². The molecule has 38 heavy (non-hydrogen) atoms. The van der Waals surface area contributed by atoms with Crippen molar-refractivity contribution in [1.82, 2.24) is 15.0 Å². The molecule has 0 aliphatic heterocycles. The van der Waals surface area contributed by atoms with E-state index in [-0.39, 0.29) is 24.2 Å². The second-order valence-electron chi connectivity index (χ2n) is 8.34. The van der Waals surface area contributed by atoms with Crippen LogP contribution in [0.5, 0.6) is 0 Å². The minimum absolute atomic E-state index is 0.00942. The number of carboxylic acid groups (broad SMARTS) is 1. The molecule has 0 aliphatic carbocycles. The van der Waals surface area contributed by atoms with E-state index in [4.69, 9.17) is 0 Å². The van der Waals surface area contributed by atoms with Gasteiger partial charge in [0.05, 0.1) is 17.3 Å². The van der Waals surface area contributed by atoms with Crippen LogP contribution in [0.15, 0.2) is 77.6 Å². The molecule has 2 N–H and O–H groups in total. The molecule has 1 unspecified atom stereocenters. The van der Waals surface area contributed by atoms with Crippen molar-refractivity contribution in [1.29, 1.82) is 0 Å². The Morgan fingerprint density at radius 2 is 1.71 bits per heavy atom. The number of hydrogen-bond donors (Lipinski definition) is 2. The summed E-state index contributed by atoms with van der Waals surface area (Å²) < 4.78 is 40.1. The van der Waals surface area contributed by atoms with Crippen molar-refractivity contribution in [3.8, 4) is 0 Å². The maximum atomic E-state index is 13.1. The number of amides is 1. The minimum atomic E-state index is -4.10. The molecule has 196 valence electrons. The summed E-state index contributed by atoms with van der Waals surface area (Å²) in [5.41, 5.74) is 0.426. The van der Waals surface area contributed by atoms with E-state index in [9.17, 15) is 32.3 Å². The molecule has 0 radical (unpaired) electrons. The zero-order chi connectivity index (χ0) is 27.4. The lowest BCUT2D eigenvalue weighted by Crippen LogP contribution is -2.46. The predicted octanol–water partition coefficient (Wildman–Crippen LogP) is 2.49. The summed E-state index contributed by atoms with van der Waals surface area (Å²) in [6, 6.07) is 15.4. The highest BCUT2D eigenvalue weighted by molar-refractivity contribution is 7.92. The third kappa shape index (κ3) is 5.83. The van der Waals surface area contributed by atoms with Crippen LogP contribution >= 0.6 is 0 Å². The molecule has 0 bridgehead atoms. The third-order valence-corrected chi connectivity index (χ3v) is 6.84. The van der Waals surface area contributed by atoms with Gasteiger partial charge in [0.2, 0.25) is 10.0 Å². The Balaban J connectivity index is 1.57. The highest BCUT2D eigenvalue weighted by Gasteiger charge is 2.33. The lowest BCUT2D eigenvalue weighted by molar-refractivity contribution is -0.138. The number of aliphatic carboxylic acids is 1. The van der Waals surface area contributed by atoms with Crippen molar-refractivity contribution in [3.63, 3.8) is 0 Å². The summed E-state index contributed by atoms with van der Waals surface area (Å²) in [4.78, 5) is 37.4. The van der Waals surface area contributed by atoms with Crippen LogP contribution in [0.1, 0.15) is 16.8 Å². The number of nitrogens with zero attached hydrogens (tertiary/aromatic N) is 4. The maximum Gasteiger partial charge on any atom is 0.327 e. The Hall–Kier alpha value is -4.65. The van der Waals surface area contributed by atoms with Gasteiger partial charge in [0.1, 0.15) is 17.4 Å². The molecular formula is C25H22FN5O6S. The molecule has 4 aromatic rings. The van der Waals surface area contributed by atoms with Crippen LogP contribution in [0.2, 0.25) is 0 Å². The predicted molar refractivity (Wildman–Crippen MR) is 138 cm³/mol. The van der Waals surface area contributed by atoms with E-state index in [1.54, 1.807) is 24.3 Å². The van der Waals surface area contributed by atoms with Gasteiger partial charge in [-0.25, -0.2) is 22.3 Å². The normalized spacial score (nSPS) is 12.2. The molecule has 0 saturated heterocycles. The van der Waals surface area contributed by atoms with E-state index in [0.29, 0.717) is 16.6 Å². The molecule has 1 heterocycles. The number of aromatic nitrogens is 3. The van der Waals surface area contributed by atoms with E-state index in [1.807, 2.05) is 0 Å². The van der Waals surface area contributed by atoms with Crippen molar-refractivity contribution in [2.75, 3.05) is 15.9 Å². The number of halogens is 1. The summed E-state index contributed by atoms with van der Waals surface area (Å²) >= 11 is 0. The van der Waals surface area contributed by atoms with Gasteiger partial charge < -0.3 is 10.4 Å². The summed E-state index contributed by atoms with van der Waals surface area (Å²) in [7, 11) is -4.10. The molecule has 1 amide bonds. The average molecular weight is 540 g/mol. The Labute approximate surface area is 216 Å². The van der Waals surface area contributed by atoms with Crippen LogP contribution in [0, 0.1) is 5.82 Å². The van der Waals surface area contributed by atoms with E-state index in [0.717, 1.165) is 15.2 Å². The first-order valence-corrected chi connectivity index (χ1v) is 13.1. The monoisotopic (exact) mass is 539 g/mol. The molecule has 0 aliphatic rings. The van der Waals surface area contributed by atoms with Crippen LogP contribution in [0.4, 0.5) is 15.8 Å². The van der Waals surface area contributed by atoms with Gasteiger partial charge in [-0.15, -0.1) is 5.10 Å². The number of nitrogens with one attached hydrogen (secondary N) is 1. The third-order valence-electron chi connectivity index (χ3n) is 5.66. The summed E-state index contributed by atoms with van der Waals surface area (Å²) in [5.74, 6) is -2.42. The number of hydrogen-bond acceptors (Lipinski definition) is 7. The van der Waals surface area contributed by atoms with Crippen molar-refractivity contribution >= 4 is 44.2 Å². The highest BCUT2D eigenvalue weighted by Crippen LogP contribution is 2.24. The zero-order valence-corrected chi connectivity index (χ0v) is 20.8. The largest absolute Gasteiger partial charge is 0.480 e. The quantitative estimate of drug-likeness (QED) is 0.329. The number of carboxylic acids is 1. The first kappa shape index (κ1) is 26.4. The fraction of sp³-hybridized carbons (Fsp3) is 0.160. The number of fused-ring (bicyclic) bond motifs is 1. The summed E-state index contributed by atoms with van der Waals surface area (Å²) in [6.45, 7) is -0.211. The fourth-order valence-corrected chi connectivity index (χ4v) is 5.02. The van der Waals surface area contributed by atoms with Gasteiger partial charge in [-0.1, -0.05) is 17.3 Å². The van der Waals surface area contributed by atoms with Gasteiger partial charge in [0.25, 0.3) is 11.5 Å². The van der Waals surface area contributed by atoms with E-state index in [1.165, 1.54) is 48.5 Å². The number of anilines is 2. The lowest BCUT2D eigenvalue weighted by Gasteiger charge is -2.29. The van der Waals surface area contributed by atoms with Gasteiger partial charge in [-0.2, -0.15) is 0 Å². The van der Waals surface area contributed by atoms with Gasteiger partial charge in [0.15, 0.2) is 0 Å². The smallest absolute Gasteiger partial charge is 0.327 e. The standard InChI is InChI=1S/C25H22FN5O6S/c1-38(36,37)31(19-12-6-16(7-13-19)23(32)27-18-10-8-17(26)9-11-18)22(25(34)35)14-15-30-24(33)20-4-2-3-5-21(20)28-29-30/h2-13,22H,14-15H2,1H3,(H,27,32)(H,34,35). The summed E-state index contributed by atoms with van der Waals surface area (Å²) in [6.07, 6.45) is 0.572. The first-order chi connectivity index (χ1) is 18.0. The van der Waals surface area contributed by atoms with Gasteiger partial charge in [-0.05, 0) is 67.1 Å². The second-order valence-corrected chi connectivity index (χ2v) is 10.2. The SMILES string of the molecule is CS(=O)(=O)N(c1ccc(C(=O)Nc2ccc(F)cc2)cc1)C(CCn1nnc2ccccc2c1=O)C(=O)O. The molecule has 3 aromatic carbocycles. The number of sulfonamides is 1. The first-order valence-electron chi connectivity index (χ1n) is 11.3. The zero-order valence-electron chi connectivity index (χ0n) is 20.0. The van der Waals surface area contributed by atoms with E-state index >= 15 is 0 Å². The average Bonchev–Trinajstić information content (AvgIpc) is 2.88. The van der Waals surface area contributed by atoms with Gasteiger partial charge >= 0.3 is 5.97 Å².